The van der Waals surface area contributed by atoms with E-state index in [9.17, 15) is 14.3 Å². The molecule has 1 heterocycles. The second-order valence-corrected chi connectivity index (χ2v) is 6.41. The highest BCUT2D eigenvalue weighted by Gasteiger charge is 2.35. The van der Waals surface area contributed by atoms with Crippen LogP contribution in [0.25, 0.3) is 0 Å². The van der Waals surface area contributed by atoms with Gasteiger partial charge >= 0.3 is 0 Å². The van der Waals surface area contributed by atoms with Crippen molar-refractivity contribution in [1.82, 2.24) is 4.90 Å². The van der Waals surface area contributed by atoms with Crippen LogP contribution in [-0.2, 0) is 16.8 Å². The minimum absolute atomic E-state index is 0.0842. The highest BCUT2D eigenvalue weighted by molar-refractivity contribution is 5.79. The zero-order chi connectivity index (χ0) is 17.9. The fourth-order valence-corrected chi connectivity index (χ4v) is 3.32. The maximum atomic E-state index is 13.5. The Kier molecular flexibility index (Phi) is 5.04. The van der Waals surface area contributed by atoms with Gasteiger partial charge in [0.15, 0.2) is 0 Å². The fourth-order valence-electron chi connectivity index (χ4n) is 3.32. The number of ether oxygens (including phenoxy) is 1. The summed E-state index contributed by atoms with van der Waals surface area (Å²) >= 11 is 0. The molecule has 0 spiro atoms. The van der Waals surface area contributed by atoms with E-state index in [4.69, 9.17) is 4.74 Å². The first-order chi connectivity index (χ1) is 12.0. The molecule has 132 valence electrons. The highest BCUT2D eigenvalue weighted by atomic mass is 19.1. The van der Waals surface area contributed by atoms with E-state index >= 15 is 0 Å². The summed E-state index contributed by atoms with van der Waals surface area (Å²) < 4.78 is 18.7. The van der Waals surface area contributed by atoms with Crippen LogP contribution in [0.5, 0.6) is 5.75 Å². The van der Waals surface area contributed by atoms with Gasteiger partial charge in [-0.25, -0.2) is 4.39 Å². The first kappa shape index (κ1) is 17.4. The summed E-state index contributed by atoms with van der Waals surface area (Å²) in [5.74, 6) is 0.0345. The Morgan fingerprint density at radius 3 is 2.52 bits per heavy atom. The molecule has 1 aliphatic heterocycles. The van der Waals surface area contributed by atoms with Gasteiger partial charge in [-0.1, -0.05) is 30.3 Å². The van der Waals surface area contributed by atoms with Crippen LogP contribution in [-0.4, -0.2) is 36.1 Å². The van der Waals surface area contributed by atoms with Gasteiger partial charge in [0.1, 0.15) is 11.6 Å². The Balaban J connectivity index is 1.65. The summed E-state index contributed by atoms with van der Waals surface area (Å²) in [5.41, 5.74) is 0.527. The summed E-state index contributed by atoms with van der Waals surface area (Å²) in [7, 11) is 1.50. The number of benzene rings is 2. The van der Waals surface area contributed by atoms with Gasteiger partial charge in [-0.15, -0.1) is 0 Å². The highest BCUT2D eigenvalue weighted by Crippen LogP contribution is 2.33. The number of rotatable bonds is 4. The topological polar surface area (TPSA) is 49.8 Å². The van der Waals surface area contributed by atoms with Crippen molar-refractivity contribution in [3.05, 3.63) is 65.5 Å². The molecule has 2 aromatic rings. The number of hydrogen-bond donors (Lipinski definition) is 1. The molecule has 2 aromatic carbocycles. The zero-order valence-electron chi connectivity index (χ0n) is 14.2. The number of carbonyl (C=O) groups is 1. The van der Waals surface area contributed by atoms with Crippen molar-refractivity contribution >= 4 is 5.91 Å². The van der Waals surface area contributed by atoms with Gasteiger partial charge in [0, 0.05) is 18.7 Å². The lowest BCUT2D eigenvalue weighted by molar-refractivity contribution is -0.135. The molecule has 1 N–H and O–H groups in total. The van der Waals surface area contributed by atoms with Crippen LogP contribution in [0.15, 0.2) is 48.5 Å². The van der Waals surface area contributed by atoms with E-state index in [1.807, 2.05) is 30.3 Å². The molecule has 0 aromatic heterocycles. The molecule has 1 amide bonds. The molecular formula is C20H22FNO3. The standard InChI is InChI=1S/C20H22FNO3/c1-25-18-8-7-17(21)13-15(18)14-19(23)22-11-9-20(24,10-12-22)16-5-3-2-4-6-16/h2-8,13,24H,9-12,14H2,1H3. The molecule has 0 bridgehead atoms. The average Bonchev–Trinajstić information content (AvgIpc) is 2.63. The van der Waals surface area contributed by atoms with E-state index in [0.717, 1.165) is 5.56 Å². The number of carbonyl (C=O) groups excluding carboxylic acids is 1. The van der Waals surface area contributed by atoms with Crippen LogP contribution >= 0.6 is 0 Å². The molecular weight excluding hydrogens is 321 g/mol. The number of halogens is 1. The van der Waals surface area contributed by atoms with Gasteiger partial charge in [-0.3, -0.25) is 4.79 Å². The number of methoxy groups -OCH3 is 1. The number of likely N-dealkylation sites (tertiary alicyclic amines) is 1. The van der Waals surface area contributed by atoms with Gasteiger partial charge in [0.25, 0.3) is 0 Å². The third-order valence-corrected chi connectivity index (χ3v) is 4.84. The fraction of sp³-hybridized carbons (Fsp3) is 0.350. The molecule has 1 fully saturated rings. The number of aliphatic hydroxyl groups is 1. The van der Waals surface area contributed by atoms with Gasteiger partial charge in [-0.05, 0) is 36.6 Å². The number of nitrogens with zero attached hydrogens (tertiary/aromatic N) is 1. The largest absolute Gasteiger partial charge is 0.496 e. The summed E-state index contributed by atoms with van der Waals surface area (Å²) in [6.45, 7) is 0.948. The lowest BCUT2D eigenvalue weighted by Gasteiger charge is -2.38. The Bertz CT molecular complexity index is 740. The molecule has 5 heteroatoms. The third kappa shape index (κ3) is 3.82. The van der Waals surface area contributed by atoms with Crippen molar-refractivity contribution in [3.63, 3.8) is 0 Å². The second kappa shape index (κ2) is 7.23. The lowest BCUT2D eigenvalue weighted by atomic mass is 9.84. The van der Waals surface area contributed by atoms with Crippen molar-refractivity contribution in [2.75, 3.05) is 20.2 Å². The van der Waals surface area contributed by atoms with Crippen LogP contribution < -0.4 is 4.74 Å². The van der Waals surface area contributed by atoms with Crippen LogP contribution in [0, 0.1) is 5.82 Å². The van der Waals surface area contributed by atoms with Crippen LogP contribution in [0.2, 0.25) is 0 Å². The Morgan fingerprint density at radius 1 is 1.20 bits per heavy atom. The number of amides is 1. The van der Waals surface area contributed by atoms with Crippen LogP contribution in [0.3, 0.4) is 0 Å². The van der Waals surface area contributed by atoms with E-state index in [-0.39, 0.29) is 18.1 Å². The molecule has 25 heavy (non-hydrogen) atoms. The first-order valence-electron chi connectivity index (χ1n) is 8.40. The van der Waals surface area contributed by atoms with E-state index in [1.165, 1.54) is 25.3 Å². The Morgan fingerprint density at radius 2 is 1.88 bits per heavy atom. The SMILES string of the molecule is COc1ccc(F)cc1CC(=O)N1CCC(O)(c2ccccc2)CC1. The smallest absolute Gasteiger partial charge is 0.227 e. The van der Waals surface area contributed by atoms with E-state index in [1.54, 1.807) is 4.90 Å². The van der Waals surface area contributed by atoms with Crippen molar-refractivity contribution in [2.24, 2.45) is 0 Å². The maximum absolute atomic E-state index is 13.5. The Hall–Kier alpha value is -2.40. The van der Waals surface area contributed by atoms with E-state index < -0.39 is 5.60 Å². The minimum atomic E-state index is -0.894. The van der Waals surface area contributed by atoms with Crippen LogP contribution in [0.4, 0.5) is 4.39 Å². The monoisotopic (exact) mass is 343 g/mol. The summed E-state index contributed by atoms with van der Waals surface area (Å²) in [6, 6.07) is 13.7. The van der Waals surface area contributed by atoms with Crippen molar-refractivity contribution < 1.29 is 19.0 Å². The van der Waals surface area contributed by atoms with Gasteiger partial charge in [-0.2, -0.15) is 0 Å². The molecule has 0 radical (unpaired) electrons. The third-order valence-electron chi connectivity index (χ3n) is 4.84. The van der Waals surface area contributed by atoms with Crippen molar-refractivity contribution in [2.45, 2.75) is 24.9 Å². The van der Waals surface area contributed by atoms with E-state index in [2.05, 4.69) is 0 Å². The number of hydrogen-bond acceptors (Lipinski definition) is 3. The van der Waals surface area contributed by atoms with Gasteiger partial charge in [0.2, 0.25) is 5.91 Å². The molecule has 0 atom stereocenters. The molecule has 1 aliphatic rings. The zero-order valence-corrected chi connectivity index (χ0v) is 14.2. The maximum Gasteiger partial charge on any atom is 0.227 e. The average molecular weight is 343 g/mol. The number of piperidine rings is 1. The van der Waals surface area contributed by atoms with E-state index in [0.29, 0.717) is 37.2 Å². The molecule has 0 aliphatic carbocycles. The molecule has 0 unspecified atom stereocenters. The van der Waals surface area contributed by atoms with Gasteiger partial charge in [0.05, 0.1) is 19.1 Å². The molecule has 0 saturated carbocycles. The Labute approximate surface area is 146 Å². The summed E-state index contributed by atoms with van der Waals surface area (Å²) in [5, 5.41) is 10.8. The van der Waals surface area contributed by atoms with Crippen LogP contribution in [0.1, 0.15) is 24.0 Å². The van der Waals surface area contributed by atoms with Gasteiger partial charge < -0.3 is 14.7 Å². The normalized spacial score (nSPS) is 16.5. The van der Waals surface area contributed by atoms with Crippen molar-refractivity contribution in [3.8, 4) is 5.75 Å². The summed E-state index contributed by atoms with van der Waals surface area (Å²) in [6.07, 6.45) is 1.07. The minimum Gasteiger partial charge on any atom is -0.496 e. The lowest BCUT2D eigenvalue weighted by Crippen LogP contribution is -2.45. The predicted molar refractivity (Wildman–Crippen MR) is 92.8 cm³/mol. The second-order valence-electron chi connectivity index (χ2n) is 6.41. The quantitative estimate of drug-likeness (QED) is 0.929. The predicted octanol–water partition coefficient (Wildman–Crippen LogP) is 2.89. The molecule has 4 nitrogen and oxygen atoms in total. The first-order valence-corrected chi connectivity index (χ1v) is 8.40. The summed E-state index contributed by atoms with van der Waals surface area (Å²) in [4.78, 5) is 14.3. The molecule has 3 rings (SSSR count). The molecule has 1 saturated heterocycles. The van der Waals surface area contributed by atoms with Crippen molar-refractivity contribution in [1.29, 1.82) is 0 Å².